The summed E-state index contributed by atoms with van der Waals surface area (Å²) in [6.45, 7) is -0.213. The van der Waals surface area contributed by atoms with Gasteiger partial charge in [0.2, 0.25) is 5.88 Å². The fraction of sp³-hybridized carbons (Fsp3) is 0.476. The Bertz CT molecular complexity index is 956. The van der Waals surface area contributed by atoms with Crippen molar-refractivity contribution < 1.29 is 23.1 Å². The van der Waals surface area contributed by atoms with E-state index in [1.54, 1.807) is 12.1 Å². The van der Waals surface area contributed by atoms with Gasteiger partial charge in [-0.25, -0.2) is 13.6 Å². The Morgan fingerprint density at radius 3 is 2.75 bits per heavy atom. The Labute approximate surface area is 189 Å². The summed E-state index contributed by atoms with van der Waals surface area (Å²) in [6.07, 6.45) is 3.10. The number of nitrogens with zero attached hydrogens (tertiary/aromatic N) is 2. The minimum Gasteiger partial charge on any atom is -0.472 e. The number of rotatable bonds is 10. The van der Waals surface area contributed by atoms with E-state index in [4.69, 9.17) is 10.5 Å². The van der Waals surface area contributed by atoms with Crippen molar-refractivity contribution in [1.29, 1.82) is 0 Å². The Morgan fingerprint density at radius 1 is 1.31 bits per heavy atom. The van der Waals surface area contributed by atoms with Crippen molar-refractivity contribution in [3.8, 4) is 5.88 Å². The molecule has 1 aromatic carbocycles. The van der Waals surface area contributed by atoms with Gasteiger partial charge < -0.3 is 20.7 Å². The molecule has 174 valence electrons. The van der Waals surface area contributed by atoms with Gasteiger partial charge in [-0.15, -0.1) is 0 Å². The number of ether oxygens (including phenoxy) is 1. The zero-order valence-electron chi connectivity index (χ0n) is 17.8. The lowest BCUT2D eigenvalue weighted by Gasteiger charge is -2.19. The molecule has 8 nitrogen and oxygen atoms in total. The number of halogens is 2. The number of primary amides is 1. The van der Waals surface area contributed by atoms with Crippen LogP contribution in [0.1, 0.15) is 46.3 Å². The fourth-order valence-corrected chi connectivity index (χ4v) is 4.52. The number of likely N-dealkylation sites (tertiary alicyclic amines) is 1. The van der Waals surface area contributed by atoms with Crippen LogP contribution in [0, 0.1) is 0 Å². The van der Waals surface area contributed by atoms with Crippen LogP contribution in [-0.2, 0) is 20.0 Å². The number of hydrogen-bond donors (Lipinski definition) is 3. The zero-order valence-corrected chi connectivity index (χ0v) is 18.6. The molecule has 1 unspecified atom stereocenters. The van der Waals surface area contributed by atoms with Crippen molar-refractivity contribution in [2.45, 2.75) is 45.3 Å². The molecule has 2 aromatic rings. The van der Waals surface area contributed by atoms with E-state index < -0.39 is 25.3 Å². The Morgan fingerprint density at radius 2 is 2.09 bits per heavy atom. The fourth-order valence-electron chi connectivity index (χ4n) is 3.79. The van der Waals surface area contributed by atoms with E-state index in [0.717, 1.165) is 37.3 Å². The number of amides is 3. The molecular weight excluding hydrogens is 440 g/mol. The second kappa shape index (κ2) is 11.2. The standard InChI is InChI=1S/C21H27F2N5O3S/c1-28-9-3-6-15(28)7-8-25-21(30)26-20-17(18(24)29)19(27-32-20)31-12-14-5-2-4-13(10-22)16(14)11-23/h2,4-5,15H,3,6-12H2,1H3,(H2,24,29)(H2,25,26,30). The number of aromatic nitrogens is 1. The highest BCUT2D eigenvalue weighted by molar-refractivity contribution is 7.11. The summed E-state index contributed by atoms with van der Waals surface area (Å²) in [6, 6.07) is 4.69. The summed E-state index contributed by atoms with van der Waals surface area (Å²) in [7, 11) is 2.07. The van der Waals surface area contributed by atoms with E-state index in [-0.39, 0.29) is 34.2 Å². The Balaban J connectivity index is 1.61. The smallest absolute Gasteiger partial charge is 0.319 e. The second-order valence-electron chi connectivity index (χ2n) is 7.61. The third-order valence-corrected chi connectivity index (χ3v) is 6.33. The molecule has 11 heteroatoms. The monoisotopic (exact) mass is 467 g/mol. The lowest BCUT2D eigenvalue weighted by atomic mass is 10.0. The molecule has 4 N–H and O–H groups in total. The number of nitrogens with one attached hydrogen (secondary N) is 2. The normalized spacial score (nSPS) is 16.2. The Hall–Kier alpha value is -2.79. The van der Waals surface area contributed by atoms with E-state index in [1.165, 1.54) is 6.07 Å². The summed E-state index contributed by atoms with van der Waals surface area (Å²) in [4.78, 5) is 26.5. The third-order valence-electron chi connectivity index (χ3n) is 5.58. The van der Waals surface area contributed by atoms with Gasteiger partial charge in [0.25, 0.3) is 5.91 Å². The first-order chi connectivity index (χ1) is 15.4. The van der Waals surface area contributed by atoms with Crippen LogP contribution in [0.2, 0.25) is 0 Å². The highest BCUT2D eigenvalue weighted by atomic mass is 32.1. The molecule has 0 saturated carbocycles. The van der Waals surface area contributed by atoms with Crippen molar-refractivity contribution in [2.24, 2.45) is 5.73 Å². The zero-order chi connectivity index (χ0) is 23.1. The van der Waals surface area contributed by atoms with Crippen LogP contribution in [0.3, 0.4) is 0 Å². The van der Waals surface area contributed by atoms with Crippen LogP contribution in [0.15, 0.2) is 18.2 Å². The molecule has 3 rings (SSSR count). The topological polar surface area (TPSA) is 110 Å². The van der Waals surface area contributed by atoms with Crippen LogP contribution in [0.5, 0.6) is 5.88 Å². The van der Waals surface area contributed by atoms with Gasteiger partial charge in [-0.05, 0) is 61.1 Å². The number of carbonyl (C=O) groups excluding carboxylic acids is 2. The lowest BCUT2D eigenvalue weighted by Crippen LogP contribution is -2.34. The molecular formula is C21H27F2N5O3S. The third kappa shape index (κ3) is 5.71. The molecule has 1 atom stereocenters. The van der Waals surface area contributed by atoms with Gasteiger partial charge >= 0.3 is 6.03 Å². The van der Waals surface area contributed by atoms with E-state index in [9.17, 15) is 18.4 Å². The number of anilines is 1. The first-order valence-corrected chi connectivity index (χ1v) is 11.1. The first kappa shape index (κ1) is 23.9. The largest absolute Gasteiger partial charge is 0.472 e. The molecule has 1 saturated heterocycles. The quantitative estimate of drug-likeness (QED) is 0.496. The lowest BCUT2D eigenvalue weighted by molar-refractivity contribution is 0.0996. The maximum Gasteiger partial charge on any atom is 0.319 e. The Kier molecular flexibility index (Phi) is 8.34. The molecule has 32 heavy (non-hydrogen) atoms. The SMILES string of the molecule is CN1CCCC1CCNC(=O)Nc1snc(OCc2cccc(CF)c2CF)c1C(N)=O. The van der Waals surface area contributed by atoms with Crippen molar-refractivity contribution >= 4 is 28.5 Å². The second-order valence-corrected chi connectivity index (χ2v) is 8.39. The van der Waals surface area contributed by atoms with Gasteiger partial charge in [-0.1, -0.05) is 18.2 Å². The summed E-state index contributed by atoms with van der Waals surface area (Å²) in [5.74, 6) is -0.888. The summed E-state index contributed by atoms with van der Waals surface area (Å²) < 4.78 is 36.1. The van der Waals surface area contributed by atoms with Gasteiger partial charge in [0, 0.05) is 12.6 Å². The van der Waals surface area contributed by atoms with Gasteiger partial charge in [0.15, 0.2) is 0 Å². The van der Waals surface area contributed by atoms with Crippen molar-refractivity contribution in [1.82, 2.24) is 14.6 Å². The van der Waals surface area contributed by atoms with Gasteiger partial charge in [-0.3, -0.25) is 10.1 Å². The first-order valence-electron chi connectivity index (χ1n) is 10.3. The van der Waals surface area contributed by atoms with Crippen LogP contribution in [-0.4, -0.2) is 47.4 Å². The highest BCUT2D eigenvalue weighted by Gasteiger charge is 2.23. The number of benzene rings is 1. The predicted octanol–water partition coefficient (Wildman–Crippen LogP) is 3.37. The van der Waals surface area contributed by atoms with Crippen molar-refractivity contribution in [2.75, 3.05) is 25.5 Å². The minimum atomic E-state index is -0.845. The number of carbonyl (C=O) groups is 2. The highest BCUT2D eigenvalue weighted by Crippen LogP contribution is 2.31. The molecule has 1 aliphatic rings. The van der Waals surface area contributed by atoms with Crippen molar-refractivity contribution in [3.05, 3.63) is 40.5 Å². The number of alkyl halides is 2. The summed E-state index contributed by atoms with van der Waals surface area (Å²) in [5, 5.41) is 5.52. The number of urea groups is 1. The van der Waals surface area contributed by atoms with Gasteiger partial charge in [0.05, 0.1) is 0 Å². The van der Waals surface area contributed by atoms with Gasteiger partial charge in [0.1, 0.15) is 30.5 Å². The molecule has 0 aliphatic carbocycles. The minimum absolute atomic E-state index is 0.0656. The summed E-state index contributed by atoms with van der Waals surface area (Å²) >= 11 is 0.855. The number of hydrogen-bond acceptors (Lipinski definition) is 6. The molecule has 0 spiro atoms. The molecule has 1 fully saturated rings. The van der Waals surface area contributed by atoms with Gasteiger partial charge in [-0.2, -0.15) is 4.37 Å². The average Bonchev–Trinajstić information content (AvgIpc) is 3.37. The van der Waals surface area contributed by atoms with E-state index in [0.29, 0.717) is 18.2 Å². The maximum atomic E-state index is 13.4. The van der Waals surface area contributed by atoms with Crippen LogP contribution in [0.4, 0.5) is 18.6 Å². The summed E-state index contributed by atoms with van der Waals surface area (Å²) in [5.41, 5.74) is 6.29. The molecule has 2 heterocycles. The van der Waals surface area contributed by atoms with Crippen LogP contribution < -0.4 is 21.1 Å². The van der Waals surface area contributed by atoms with Crippen LogP contribution >= 0.6 is 11.5 Å². The molecule has 0 radical (unpaired) electrons. The average molecular weight is 468 g/mol. The molecule has 1 aromatic heterocycles. The van der Waals surface area contributed by atoms with E-state index in [2.05, 4.69) is 27.0 Å². The maximum absolute atomic E-state index is 13.4. The van der Waals surface area contributed by atoms with E-state index in [1.807, 2.05) is 0 Å². The molecule has 1 aliphatic heterocycles. The van der Waals surface area contributed by atoms with Crippen LogP contribution in [0.25, 0.3) is 0 Å². The molecule has 0 bridgehead atoms. The number of nitrogens with two attached hydrogens (primary N) is 1. The van der Waals surface area contributed by atoms with Crippen molar-refractivity contribution in [3.63, 3.8) is 0 Å². The van der Waals surface area contributed by atoms with E-state index >= 15 is 0 Å². The predicted molar refractivity (Wildman–Crippen MR) is 118 cm³/mol. The molecule has 3 amide bonds.